The average molecular weight is 335 g/mol. The van der Waals surface area contributed by atoms with Crippen molar-refractivity contribution in [2.45, 2.75) is 39.7 Å². The molecule has 0 saturated carbocycles. The van der Waals surface area contributed by atoms with Crippen LogP contribution in [0.2, 0.25) is 0 Å². The summed E-state index contributed by atoms with van der Waals surface area (Å²) in [6.45, 7) is 5.25. The fourth-order valence-corrected chi connectivity index (χ4v) is 3.31. The SMILES string of the molecule is CCCCCNC(=O)Cn1c(-c2ccc(C)cc2)csc1=S. The molecular weight excluding hydrogens is 312 g/mol. The monoisotopic (exact) mass is 334 g/mol. The Balaban J connectivity index is 2.08. The molecule has 0 radical (unpaired) electrons. The van der Waals surface area contributed by atoms with Crippen molar-refractivity contribution in [2.75, 3.05) is 6.54 Å². The van der Waals surface area contributed by atoms with Gasteiger partial charge in [0.25, 0.3) is 0 Å². The minimum absolute atomic E-state index is 0.0268. The maximum absolute atomic E-state index is 12.1. The molecule has 1 amide bonds. The predicted molar refractivity (Wildman–Crippen MR) is 95.9 cm³/mol. The fraction of sp³-hybridized carbons (Fsp3) is 0.412. The normalized spacial score (nSPS) is 10.6. The zero-order valence-electron chi connectivity index (χ0n) is 13.1. The molecule has 1 heterocycles. The predicted octanol–water partition coefficient (Wildman–Crippen LogP) is 4.56. The molecule has 1 aromatic carbocycles. The number of unbranched alkanes of at least 4 members (excludes halogenated alkanes) is 2. The van der Waals surface area contributed by atoms with Gasteiger partial charge >= 0.3 is 0 Å². The molecule has 0 aliphatic carbocycles. The lowest BCUT2D eigenvalue weighted by Gasteiger charge is -2.10. The van der Waals surface area contributed by atoms with Crippen LogP contribution in [-0.2, 0) is 11.3 Å². The molecule has 5 heteroatoms. The molecule has 0 aliphatic rings. The van der Waals surface area contributed by atoms with Crippen LogP contribution >= 0.6 is 23.6 Å². The first-order valence-electron chi connectivity index (χ1n) is 7.64. The number of aryl methyl sites for hydroxylation is 1. The van der Waals surface area contributed by atoms with E-state index in [0.717, 1.165) is 41.0 Å². The van der Waals surface area contributed by atoms with E-state index in [1.807, 2.05) is 9.95 Å². The lowest BCUT2D eigenvalue weighted by atomic mass is 10.1. The quantitative estimate of drug-likeness (QED) is 0.595. The molecular formula is C17H22N2OS2. The van der Waals surface area contributed by atoms with Gasteiger partial charge in [0.15, 0.2) is 3.95 Å². The highest BCUT2D eigenvalue weighted by molar-refractivity contribution is 7.73. The summed E-state index contributed by atoms with van der Waals surface area (Å²) in [6.07, 6.45) is 3.33. The summed E-state index contributed by atoms with van der Waals surface area (Å²) in [5.41, 5.74) is 3.33. The highest BCUT2D eigenvalue weighted by Gasteiger charge is 2.10. The third kappa shape index (κ3) is 4.52. The van der Waals surface area contributed by atoms with Crippen molar-refractivity contribution in [3.05, 3.63) is 39.2 Å². The van der Waals surface area contributed by atoms with Crippen LogP contribution in [-0.4, -0.2) is 17.0 Å². The maximum atomic E-state index is 12.1. The molecule has 0 bridgehead atoms. The highest BCUT2D eigenvalue weighted by atomic mass is 32.1. The van der Waals surface area contributed by atoms with Gasteiger partial charge in [0, 0.05) is 11.9 Å². The van der Waals surface area contributed by atoms with Crippen LogP contribution in [0, 0.1) is 10.9 Å². The third-order valence-electron chi connectivity index (χ3n) is 3.53. The van der Waals surface area contributed by atoms with Gasteiger partial charge in [0.05, 0.1) is 5.69 Å². The fourth-order valence-electron chi connectivity index (χ4n) is 2.23. The number of nitrogens with zero attached hydrogens (tertiary/aromatic N) is 1. The van der Waals surface area contributed by atoms with Crippen molar-refractivity contribution in [1.29, 1.82) is 0 Å². The number of hydrogen-bond acceptors (Lipinski definition) is 3. The number of carbonyl (C=O) groups excluding carboxylic acids is 1. The minimum Gasteiger partial charge on any atom is -0.355 e. The maximum Gasteiger partial charge on any atom is 0.240 e. The van der Waals surface area contributed by atoms with Crippen LogP contribution < -0.4 is 5.32 Å². The van der Waals surface area contributed by atoms with Crippen molar-refractivity contribution >= 4 is 29.5 Å². The summed E-state index contributed by atoms with van der Waals surface area (Å²) in [5.74, 6) is 0.0268. The van der Waals surface area contributed by atoms with Crippen molar-refractivity contribution in [2.24, 2.45) is 0 Å². The Hall–Kier alpha value is -1.46. The number of carbonyl (C=O) groups is 1. The molecule has 0 unspecified atom stereocenters. The summed E-state index contributed by atoms with van der Waals surface area (Å²) in [5, 5.41) is 4.99. The molecule has 0 spiro atoms. The van der Waals surface area contributed by atoms with E-state index in [9.17, 15) is 4.79 Å². The zero-order valence-corrected chi connectivity index (χ0v) is 14.7. The van der Waals surface area contributed by atoms with Crippen LogP contribution in [0.3, 0.4) is 0 Å². The second-order valence-corrected chi connectivity index (χ2v) is 6.90. The average Bonchev–Trinajstić information content (AvgIpc) is 2.86. The lowest BCUT2D eigenvalue weighted by Crippen LogP contribution is -2.28. The Kier molecular flexibility index (Phi) is 6.34. The Bertz CT molecular complexity index is 671. The Morgan fingerprint density at radius 2 is 2.00 bits per heavy atom. The number of benzene rings is 1. The second kappa shape index (κ2) is 8.25. The molecule has 0 aliphatic heterocycles. The van der Waals surface area contributed by atoms with Crippen LogP contribution in [0.4, 0.5) is 0 Å². The zero-order chi connectivity index (χ0) is 15.9. The van der Waals surface area contributed by atoms with Crippen molar-refractivity contribution in [1.82, 2.24) is 9.88 Å². The van der Waals surface area contributed by atoms with Gasteiger partial charge in [-0.15, -0.1) is 11.3 Å². The van der Waals surface area contributed by atoms with E-state index in [-0.39, 0.29) is 12.5 Å². The highest BCUT2D eigenvalue weighted by Crippen LogP contribution is 2.24. The Morgan fingerprint density at radius 1 is 1.27 bits per heavy atom. The topological polar surface area (TPSA) is 34.0 Å². The van der Waals surface area contributed by atoms with Gasteiger partial charge in [-0.2, -0.15) is 0 Å². The van der Waals surface area contributed by atoms with E-state index in [1.54, 1.807) is 0 Å². The van der Waals surface area contributed by atoms with E-state index in [2.05, 4.69) is 43.4 Å². The molecule has 22 heavy (non-hydrogen) atoms. The van der Waals surface area contributed by atoms with Gasteiger partial charge in [-0.1, -0.05) is 49.6 Å². The van der Waals surface area contributed by atoms with Gasteiger partial charge in [-0.3, -0.25) is 4.79 Å². The van der Waals surface area contributed by atoms with Crippen LogP contribution in [0.15, 0.2) is 29.6 Å². The van der Waals surface area contributed by atoms with Crippen molar-refractivity contribution in [3.63, 3.8) is 0 Å². The minimum atomic E-state index is 0.0268. The smallest absolute Gasteiger partial charge is 0.240 e. The third-order valence-corrected chi connectivity index (χ3v) is 4.81. The molecule has 0 fully saturated rings. The van der Waals surface area contributed by atoms with Gasteiger partial charge in [0.1, 0.15) is 6.54 Å². The van der Waals surface area contributed by atoms with E-state index >= 15 is 0 Å². The number of nitrogens with one attached hydrogen (secondary N) is 1. The van der Waals surface area contributed by atoms with E-state index in [0.29, 0.717) is 0 Å². The number of thiazole rings is 1. The summed E-state index contributed by atoms with van der Waals surface area (Å²) in [7, 11) is 0. The largest absolute Gasteiger partial charge is 0.355 e. The van der Waals surface area contributed by atoms with Gasteiger partial charge < -0.3 is 9.88 Å². The Labute approximate surface area is 141 Å². The first-order chi connectivity index (χ1) is 10.6. The summed E-state index contributed by atoms with van der Waals surface area (Å²) < 4.78 is 2.65. The number of rotatable bonds is 7. The molecule has 2 rings (SSSR count). The van der Waals surface area contributed by atoms with E-state index in [4.69, 9.17) is 12.2 Å². The van der Waals surface area contributed by atoms with Crippen LogP contribution in [0.1, 0.15) is 31.7 Å². The first kappa shape index (κ1) is 16.9. The van der Waals surface area contributed by atoms with Crippen molar-refractivity contribution in [3.8, 4) is 11.3 Å². The Morgan fingerprint density at radius 3 is 2.68 bits per heavy atom. The van der Waals surface area contributed by atoms with E-state index in [1.165, 1.54) is 16.9 Å². The van der Waals surface area contributed by atoms with Gasteiger partial charge in [-0.25, -0.2) is 0 Å². The molecule has 0 atom stereocenters. The summed E-state index contributed by atoms with van der Waals surface area (Å²) in [6, 6.07) is 8.29. The number of amides is 1. The molecule has 0 saturated heterocycles. The van der Waals surface area contributed by atoms with Gasteiger partial charge in [-0.05, 0) is 31.1 Å². The molecule has 1 aromatic heterocycles. The van der Waals surface area contributed by atoms with Crippen molar-refractivity contribution < 1.29 is 4.79 Å². The molecule has 2 aromatic rings. The first-order valence-corrected chi connectivity index (χ1v) is 8.92. The standard InChI is InChI=1S/C17H22N2OS2/c1-3-4-5-10-18-16(20)11-19-15(12-22-17(19)21)14-8-6-13(2)7-9-14/h6-9,12H,3-5,10-11H2,1-2H3,(H,18,20). The summed E-state index contributed by atoms with van der Waals surface area (Å²) in [4.78, 5) is 12.1. The molecule has 118 valence electrons. The number of hydrogen-bond donors (Lipinski definition) is 1. The number of aromatic nitrogens is 1. The van der Waals surface area contributed by atoms with E-state index < -0.39 is 0 Å². The lowest BCUT2D eigenvalue weighted by molar-refractivity contribution is -0.121. The second-order valence-electron chi connectivity index (χ2n) is 5.40. The van der Waals surface area contributed by atoms with Gasteiger partial charge in [0.2, 0.25) is 5.91 Å². The van der Waals surface area contributed by atoms with Crippen LogP contribution in [0.25, 0.3) is 11.3 Å². The summed E-state index contributed by atoms with van der Waals surface area (Å²) >= 11 is 6.87. The van der Waals surface area contributed by atoms with Crippen LogP contribution in [0.5, 0.6) is 0 Å². The molecule has 3 nitrogen and oxygen atoms in total. The molecule has 1 N–H and O–H groups in total.